The van der Waals surface area contributed by atoms with Gasteiger partial charge in [0.25, 0.3) is 0 Å². The van der Waals surface area contributed by atoms with E-state index in [1.165, 1.54) is 67.2 Å². The van der Waals surface area contributed by atoms with Crippen LogP contribution in [0.4, 0.5) is 0 Å². The van der Waals surface area contributed by atoms with E-state index in [-0.39, 0.29) is 14.9 Å². The third-order valence-corrected chi connectivity index (χ3v) is 4.49. The molecule has 130 valence electrons. The van der Waals surface area contributed by atoms with Gasteiger partial charge >= 0.3 is 30.2 Å². The molecule has 4 rings (SSSR count). The summed E-state index contributed by atoms with van der Waals surface area (Å²) in [6.45, 7) is 11.7. The predicted molar refractivity (Wildman–Crippen MR) is 110 cm³/mol. The molecule has 0 unspecified atom stereocenters. The van der Waals surface area contributed by atoms with Gasteiger partial charge in [0, 0.05) is 0 Å². The minimum absolute atomic E-state index is 0. The van der Waals surface area contributed by atoms with Gasteiger partial charge in [0.15, 0.2) is 0 Å². The van der Waals surface area contributed by atoms with Crippen molar-refractivity contribution in [3.63, 3.8) is 0 Å². The van der Waals surface area contributed by atoms with Crippen LogP contribution >= 0.6 is 0 Å². The Morgan fingerprint density at radius 2 is 1.68 bits per heavy atom. The molecule has 0 saturated heterocycles. The average molecular weight is 422 g/mol. The molecule has 0 saturated carbocycles. The van der Waals surface area contributed by atoms with E-state index in [1.54, 1.807) is 0 Å². The van der Waals surface area contributed by atoms with Crippen molar-refractivity contribution in [2.75, 3.05) is 0 Å². The molecule has 0 bridgehead atoms. The van der Waals surface area contributed by atoms with Crippen LogP contribution in [-0.2, 0) is 23.3 Å². The van der Waals surface area contributed by atoms with Crippen LogP contribution in [0.15, 0.2) is 30.4 Å². The molecule has 0 amide bonds. The molecule has 0 nitrogen and oxygen atoms in total. The number of rotatable bonds is 0. The van der Waals surface area contributed by atoms with Gasteiger partial charge in [-0.15, -0.1) is 17.4 Å². The van der Waals surface area contributed by atoms with E-state index in [9.17, 15) is 0 Å². The molecule has 2 aliphatic carbocycles. The fourth-order valence-electron chi connectivity index (χ4n) is 2.81. The Morgan fingerprint density at radius 3 is 2.20 bits per heavy atom. The van der Waals surface area contributed by atoms with Crippen molar-refractivity contribution in [1.29, 1.82) is 0 Å². The summed E-state index contributed by atoms with van der Waals surface area (Å²) in [6.07, 6.45) is 13.6. The van der Waals surface area contributed by atoms with Crippen molar-refractivity contribution >= 4 is 25.1 Å². The molecule has 2 radical (unpaired) electrons. The van der Waals surface area contributed by atoms with Crippen molar-refractivity contribution in [3.8, 4) is 0 Å². The Labute approximate surface area is 170 Å². The second kappa shape index (κ2) is 10.8. The molecule has 0 N–H and O–H groups in total. The van der Waals surface area contributed by atoms with Crippen LogP contribution in [0.3, 0.4) is 0 Å². The predicted octanol–water partition coefficient (Wildman–Crippen LogP) is 4.15. The molecule has 2 heteroatoms. The van der Waals surface area contributed by atoms with Crippen LogP contribution in [0.2, 0.25) is 0 Å². The number of allylic oxidation sites excluding steroid dienone is 2. The third kappa shape index (κ3) is 5.43. The van der Waals surface area contributed by atoms with Gasteiger partial charge in [0.05, 0.1) is 0 Å². The van der Waals surface area contributed by atoms with Crippen LogP contribution in [0.5, 0.6) is 0 Å². The molecule has 0 atom stereocenters. The molecule has 2 aromatic carbocycles. The van der Waals surface area contributed by atoms with Gasteiger partial charge < -0.3 is 14.9 Å². The van der Waals surface area contributed by atoms with Gasteiger partial charge in [0.1, 0.15) is 0 Å². The second-order valence-corrected chi connectivity index (χ2v) is 5.83. The SMILES string of the molecule is Cc1c[c-](C)c(C)c1C.[C-]1=CC=c2cc3c(cc21)=CC=C3.[CH3-].[CH3-].[Si]=[Zr]. The van der Waals surface area contributed by atoms with E-state index in [1.807, 2.05) is 6.08 Å². The second-order valence-electron chi connectivity index (χ2n) is 5.83. The minimum atomic E-state index is 0. The van der Waals surface area contributed by atoms with E-state index in [4.69, 9.17) is 0 Å². The first kappa shape index (κ1) is 23.9. The van der Waals surface area contributed by atoms with Gasteiger partial charge in [0.2, 0.25) is 0 Å². The normalized spacial score (nSPS) is 11.2. The van der Waals surface area contributed by atoms with Crippen LogP contribution < -0.4 is 10.4 Å². The Morgan fingerprint density at radius 1 is 1.00 bits per heavy atom. The first-order valence-corrected chi connectivity index (χ1v) is 11.8. The maximum atomic E-state index is 3.20. The summed E-state index contributed by atoms with van der Waals surface area (Å²) in [5.41, 5.74) is 8.28. The van der Waals surface area contributed by atoms with E-state index >= 15 is 0 Å². The van der Waals surface area contributed by atoms with E-state index in [2.05, 4.69) is 83.2 Å². The average Bonchev–Trinajstić information content (AvgIpc) is 3.25. The van der Waals surface area contributed by atoms with Gasteiger partial charge in [-0.2, -0.15) is 46.0 Å². The molecule has 25 heavy (non-hydrogen) atoms. The number of hydrogen-bond donors (Lipinski definition) is 0. The summed E-state index contributed by atoms with van der Waals surface area (Å²) in [6, 6.07) is 6.64. The van der Waals surface area contributed by atoms with Gasteiger partial charge in [-0.25, -0.2) is 0 Å². The molecular weight excluding hydrogens is 396 g/mol. The first-order chi connectivity index (χ1) is 11.1. The van der Waals surface area contributed by atoms with Crippen molar-refractivity contribution in [3.05, 3.63) is 95.1 Å². The Kier molecular flexibility index (Phi) is 10.3. The molecule has 2 aromatic rings. The standard InChI is InChI=1S/C12H7.C9H13.2CH3.Si.Zr/c1-3-9-7-11-5-2-6-12(11)8-10(9)4-1;1-6-5-7(2)9(4)8(6)3;;;;/h1-5,7-8H;5H,1-4H3;2*1H3;;/q4*-1;;. The number of benzene rings is 1. The summed E-state index contributed by atoms with van der Waals surface area (Å²) in [5.74, 6) is 0. The molecule has 0 fully saturated rings. The molecule has 0 heterocycles. The van der Waals surface area contributed by atoms with E-state index < -0.39 is 0 Å². The van der Waals surface area contributed by atoms with Crippen LogP contribution in [0.25, 0.3) is 18.2 Å². The van der Waals surface area contributed by atoms with Crippen LogP contribution in [-0.4, -0.2) is 6.88 Å². The molecule has 0 aromatic heterocycles. The first-order valence-electron chi connectivity index (χ1n) is 7.64. The Bertz CT molecular complexity index is 823. The molecular formula is C23H26SiZr-4. The Hall–Kier alpha value is -1.11. The zero-order chi connectivity index (χ0) is 17.0. The fourth-order valence-corrected chi connectivity index (χ4v) is 2.81. The topological polar surface area (TPSA) is 0 Å². The van der Waals surface area contributed by atoms with Crippen molar-refractivity contribution in [2.24, 2.45) is 0 Å². The van der Waals surface area contributed by atoms with Crippen molar-refractivity contribution in [1.82, 2.24) is 0 Å². The van der Waals surface area contributed by atoms with Gasteiger partial charge in [-0.05, 0) is 5.56 Å². The zero-order valence-corrected chi connectivity index (χ0v) is 19.6. The summed E-state index contributed by atoms with van der Waals surface area (Å²) in [5, 5.41) is 2.60. The number of hydrogen-bond acceptors (Lipinski definition) is 0. The summed E-state index contributed by atoms with van der Waals surface area (Å²) in [7, 11) is 0. The molecule has 2 aliphatic rings. The Balaban J connectivity index is 0.000000404. The van der Waals surface area contributed by atoms with E-state index in [0.29, 0.717) is 0 Å². The van der Waals surface area contributed by atoms with Crippen LogP contribution in [0.1, 0.15) is 33.4 Å². The fraction of sp³-hybridized carbons (Fsp3) is 0.174. The van der Waals surface area contributed by atoms with Gasteiger partial charge in [-0.3, -0.25) is 0 Å². The van der Waals surface area contributed by atoms with Crippen LogP contribution in [0, 0.1) is 48.6 Å². The summed E-state index contributed by atoms with van der Waals surface area (Å²) < 4.78 is 0. The van der Waals surface area contributed by atoms with E-state index in [0.717, 1.165) is 0 Å². The molecule has 0 spiro atoms. The maximum absolute atomic E-state index is 3.20. The number of aryl methyl sites for hydroxylation is 2. The third-order valence-electron chi connectivity index (χ3n) is 4.49. The zero-order valence-electron chi connectivity index (χ0n) is 16.1. The van der Waals surface area contributed by atoms with Crippen molar-refractivity contribution < 1.29 is 23.3 Å². The summed E-state index contributed by atoms with van der Waals surface area (Å²) >= 11 is 1.36. The van der Waals surface area contributed by atoms with Crippen molar-refractivity contribution in [2.45, 2.75) is 27.7 Å². The summed E-state index contributed by atoms with van der Waals surface area (Å²) in [4.78, 5) is 0. The molecule has 0 aliphatic heterocycles. The quantitative estimate of drug-likeness (QED) is 0.443. The number of fused-ring (bicyclic) bond motifs is 2. The van der Waals surface area contributed by atoms with Gasteiger partial charge in [-0.1, -0.05) is 57.2 Å². The monoisotopic (exact) mass is 420 g/mol.